The second-order valence-electron chi connectivity index (χ2n) is 7.86. The van der Waals surface area contributed by atoms with Crippen LogP contribution in [-0.2, 0) is 6.54 Å². The van der Waals surface area contributed by atoms with Gasteiger partial charge in [0.2, 0.25) is 0 Å². The van der Waals surface area contributed by atoms with Crippen molar-refractivity contribution < 1.29 is 0 Å². The van der Waals surface area contributed by atoms with Crippen molar-refractivity contribution >= 4 is 16.5 Å². The van der Waals surface area contributed by atoms with Crippen LogP contribution in [0.3, 0.4) is 0 Å². The topological polar surface area (TPSA) is 28.2 Å². The van der Waals surface area contributed by atoms with Gasteiger partial charge in [0.05, 0.1) is 5.69 Å². The Morgan fingerprint density at radius 2 is 1.95 bits per heavy atom. The highest BCUT2D eigenvalue weighted by molar-refractivity contribution is 7.15. The van der Waals surface area contributed by atoms with Crippen LogP contribution < -0.4 is 10.2 Å². The van der Waals surface area contributed by atoms with Crippen LogP contribution in [0, 0.1) is 5.92 Å². The maximum absolute atomic E-state index is 4.99. The molecular weight excluding hydrogens is 278 g/mol. The molecule has 0 bridgehead atoms. The summed E-state index contributed by atoms with van der Waals surface area (Å²) in [4.78, 5) is 8.84. The number of hydrogen-bond donors (Lipinski definition) is 1. The van der Waals surface area contributed by atoms with Crippen LogP contribution in [0.25, 0.3) is 0 Å². The standard InChI is InChI=1S/C17H29N3S/c1-17(2,3)18-10-14-15(13-8-9-13)19-16(21-14)20(4)11-12-6-5-7-12/h12-13,18H,5-11H2,1-4H3. The summed E-state index contributed by atoms with van der Waals surface area (Å²) < 4.78 is 0. The van der Waals surface area contributed by atoms with Crippen molar-refractivity contribution in [3.05, 3.63) is 10.6 Å². The molecule has 118 valence electrons. The van der Waals surface area contributed by atoms with E-state index in [1.54, 1.807) is 0 Å². The third kappa shape index (κ3) is 3.98. The quantitative estimate of drug-likeness (QED) is 0.856. The maximum Gasteiger partial charge on any atom is 0.185 e. The summed E-state index contributed by atoms with van der Waals surface area (Å²) in [6.45, 7) is 8.84. The molecule has 0 radical (unpaired) electrons. The summed E-state index contributed by atoms with van der Waals surface area (Å²) in [6, 6.07) is 0. The summed E-state index contributed by atoms with van der Waals surface area (Å²) >= 11 is 1.91. The van der Waals surface area contributed by atoms with E-state index in [0.29, 0.717) is 0 Å². The lowest BCUT2D eigenvalue weighted by Gasteiger charge is -2.29. The van der Waals surface area contributed by atoms with Crippen LogP contribution in [0.2, 0.25) is 0 Å². The molecule has 0 atom stereocenters. The molecule has 2 fully saturated rings. The second kappa shape index (κ2) is 5.88. The number of anilines is 1. The van der Waals surface area contributed by atoms with Crippen LogP contribution in [0.1, 0.15) is 69.4 Å². The molecular formula is C17H29N3S. The van der Waals surface area contributed by atoms with Crippen molar-refractivity contribution in [2.45, 2.75) is 70.9 Å². The van der Waals surface area contributed by atoms with E-state index >= 15 is 0 Å². The predicted octanol–water partition coefficient (Wildman–Crippen LogP) is 4.14. The van der Waals surface area contributed by atoms with Crippen molar-refractivity contribution in [3.63, 3.8) is 0 Å². The summed E-state index contributed by atoms with van der Waals surface area (Å²) in [5, 5.41) is 4.86. The molecule has 2 aliphatic carbocycles. The van der Waals surface area contributed by atoms with Crippen LogP contribution in [-0.4, -0.2) is 24.1 Å². The smallest absolute Gasteiger partial charge is 0.185 e. The van der Waals surface area contributed by atoms with Gasteiger partial charge in [-0.1, -0.05) is 6.42 Å². The highest BCUT2D eigenvalue weighted by atomic mass is 32.1. The van der Waals surface area contributed by atoms with Crippen molar-refractivity contribution in [1.82, 2.24) is 10.3 Å². The summed E-state index contributed by atoms with van der Waals surface area (Å²) in [6.07, 6.45) is 6.90. The molecule has 0 amide bonds. The van der Waals surface area contributed by atoms with Crippen molar-refractivity contribution in [3.8, 4) is 0 Å². The number of nitrogens with zero attached hydrogens (tertiary/aromatic N) is 2. The monoisotopic (exact) mass is 307 g/mol. The first kappa shape index (κ1) is 15.3. The van der Waals surface area contributed by atoms with Gasteiger partial charge < -0.3 is 10.2 Å². The van der Waals surface area contributed by atoms with Gasteiger partial charge in [-0.05, 0) is 52.4 Å². The minimum absolute atomic E-state index is 0.169. The molecule has 1 N–H and O–H groups in total. The third-order valence-electron chi connectivity index (χ3n) is 4.54. The molecule has 1 aromatic heterocycles. The van der Waals surface area contributed by atoms with Crippen LogP contribution in [0.4, 0.5) is 5.13 Å². The SMILES string of the molecule is CN(CC1CCC1)c1nc(C2CC2)c(CNC(C)(C)C)s1. The molecule has 0 spiro atoms. The lowest BCUT2D eigenvalue weighted by molar-refractivity contribution is 0.321. The van der Waals surface area contributed by atoms with E-state index < -0.39 is 0 Å². The Morgan fingerprint density at radius 1 is 1.24 bits per heavy atom. The molecule has 0 aliphatic heterocycles. The highest BCUT2D eigenvalue weighted by Gasteiger charge is 2.31. The molecule has 3 nitrogen and oxygen atoms in total. The van der Waals surface area contributed by atoms with Gasteiger partial charge >= 0.3 is 0 Å². The molecule has 3 rings (SSSR count). The molecule has 1 aromatic rings. The average Bonchev–Trinajstić information content (AvgIpc) is 3.10. The minimum atomic E-state index is 0.169. The van der Waals surface area contributed by atoms with E-state index in [1.165, 1.54) is 54.4 Å². The highest BCUT2D eigenvalue weighted by Crippen LogP contribution is 2.44. The first-order valence-electron chi connectivity index (χ1n) is 8.38. The van der Waals surface area contributed by atoms with Gasteiger partial charge in [-0.25, -0.2) is 4.98 Å². The van der Waals surface area contributed by atoms with Crippen LogP contribution in [0.5, 0.6) is 0 Å². The normalized spacial score (nSPS) is 19.6. The molecule has 1 heterocycles. The lowest BCUT2D eigenvalue weighted by Crippen LogP contribution is -2.35. The van der Waals surface area contributed by atoms with Gasteiger partial charge in [-0.15, -0.1) is 11.3 Å². The number of hydrogen-bond acceptors (Lipinski definition) is 4. The van der Waals surface area contributed by atoms with Gasteiger partial charge in [0.1, 0.15) is 0 Å². The Balaban J connectivity index is 1.69. The van der Waals surface area contributed by atoms with Crippen LogP contribution >= 0.6 is 11.3 Å². The number of rotatable bonds is 6. The van der Waals surface area contributed by atoms with E-state index in [-0.39, 0.29) is 5.54 Å². The second-order valence-corrected chi connectivity index (χ2v) is 8.92. The number of nitrogens with one attached hydrogen (secondary N) is 1. The zero-order valence-corrected chi connectivity index (χ0v) is 14.7. The minimum Gasteiger partial charge on any atom is -0.351 e. The van der Waals surface area contributed by atoms with Gasteiger partial charge in [-0.3, -0.25) is 0 Å². The number of thiazole rings is 1. The molecule has 4 heteroatoms. The molecule has 2 saturated carbocycles. The van der Waals surface area contributed by atoms with Gasteiger partial charge in [0, 0.05) is 36.5 Å². The lowest BCUT2D eigenvalue weighted by atomic mass is 9.85. The Morgan fingerprint density at radius 3 is 2.48 bits per heavy atom. The van der Waals surface area contributed by atoms with Gasteiger partial charge in [-0.2, -0.15) is 0 Å². The van der Waals surface area contributed by atoms with Gasteiger partial charge in [0.25, 0.3) is 0 Å². The van der Waals surface area contributed by atoms with E-state index in [1.807, 2.05) is 11.3 Å². The van der Waals surface area contributed by atoms with E-state index in [0.717, 1.165) is 18.4 Å². The molecule has 2 aliphatic rings. The zero-order chi connectivity index (χ0) is 15.0. The predicted molar refractivity (Wildman–Crippen MR) is 91.3 cm³/mol. The van der Waals surface area contributed by atoms with E-state index in [9.17, 15) is 0 Å². The maximum atomic E-state index is 4.99. The first-order valence-corrected chi connectivity index (χ1v) is 9.20. The fourth-order valence-electron chi connectivity index (χ4n) is 2.80. The first-order chi connectivity index (χ1) is 9.92. The Hall–Kier alpha value is -0.610. The molecule has 21 heavy (non-hydrogen) atoms. The Kier molecular flexibility index (Phi) is 4.28. The summed E-state index contributed by atoms with van der Waals surface area (Å²) in [5.74, 6) is 1.64. The Labute approximate surface area is 133 Å². The molecule has 0 aromatic carbocycles. The fraction of sp³-hybridized carbons (Fsp3) is 0.824. The zero-order valence-electron chi connectivity index (χ0n) is 13.9. The largest absolute Gasteiger partial charge is 0.351 e. The fourth-order valence-corrected chi connectivity index (χ4v) is 3.86. The summed E-state index contributed by atoms with van der Waals surface area (Å²) in [7, 11) is 2.22. The van der Waals surface area contributed by atoms with E-state index in [4.69, 9.17) is 4.98 Å². The van der Waals surface area contributed by atoms with Crippen molar-refractivity contribution in [2.24, 2.45) is 5.92 Å². The number of aromatic nitrogens is 1. The average molecular weight is 308 g/mol. The van der Waals surface area contributed by atoms with Crippen molar-refractivity contribution in [1.29, 1.82) is 0 Å². The third-order valence-corrected chi connectivity index (χ3v) is 5.73. The summed E-state index contributed by atoms with van der Waals surface area (Å²) in [5.41, 5.74) is 1.55. The molecule has 0 unspecified atom stereocenters. The van der Waals surface area contributed by atoms with E-state index in [2.05, 4.69) is 38.0 Å². The van der Waals surface area contributed by atoms with Crippen LogP contribution in [0.15, 0.2) is 0 Å². The van der Waals surface area contributed by atoms with Crippen molar-refractivity contribution in [2.75, 3.05) is 18.5 Å². The Bertz CT molecular complexity index is 481. The molecule has 0 saturated heterocycles. The van der Waals surface area contributed by atoms with Gasteiger partial charge in [0.15, 0.2) is 5.13 Å².